The summed E-state index contributed by atoms with van der Waals surface area (Å²) in [4.78, 5) is 24.4. The molecular weight excluding hydrogens is 372 g/mol. The lowest BCUT2D eigenvalue weighted by Gasteiger charge is -2.07. The molecule has 0 aliphatic heterocycles. The molecule has 0 heterocycles. The maximum Gasteiger partial charge on any atom is 0.228 e. The topological polar surface area (TPSA) is 67.4 Å². The van der Waals surface area contributed by atoms with Crippen LogP contribution >= 0.6 is 15.9 Å². The number of halogens is 1. The molecule has 0 bridgehead atoms. The monoisotopic (exact) mass is 388 g/mol. The van der Waals surface area contributed by atoms with Gasteiger partial charge in [0.05, 0.1) is 18.9 Å². The third kappa shape index (κ3) is 3.94. The minimum Gasteiger partial charge on any atom is -0.497 e. The highest BCUT2D eigenvalue weighted by Gasteiger charge is 2.48. The van der Waals surface area contributed by atoms with Gasteiger partial charge in [0.15, 0.2) is 0 Å². The largest absolute Gasteiger partial charge is 0.497 e. The number of hydrogen-bond acceptors (Lipinski definition) is 3. The molecule has 6 heteroatoms. The van der Waals surface area contributed by atoms with Gasteiger partial charge in [0, 0.05) is 15.8 Å². The van der Waals surface area contributed by atoms with E-state index in [1.807, 2.05) is 24.3 Å². The number of rotatable bonds is 5. The van der Waals surface area contributed by atoms with E-state index in [0.717, 1.165) is 15.9 Å². The van der Waals surface area contributed by atoms with Gasteiger partial charge < -0.3 is 15.4 Å². The van der Waals surface area contributed by atoms with E-state index in [-0.39, 0.29) is 23.7 Å². The van der Waals surface area contributed by atoms with Crippen LogP contribution in [0.3, 0.4) is 0 Å². The highest BCUT2D eigenvalue weighted by molar-refractivity contribution is 9.10. The fraction of sp³-hybridized carbons (Fsp3) is 0.222. The molecule has 1 saturated carbocycles. The van der Waals surface area contributed by atoms with Crippen molar-refractivity contribution >= 4 is 39.1 Å². The van der Waals surface area contributed by atoms with Crippen molar-refractivity contribution in [2.45, 2.75) is 6.42 Å². The lowest BCUT2D eigenvalue weighted by Crippen LogP contribution is -2.20. The van der Waals surface area contributed by atoms with Crippen LogP contribution in [0.15, 0.2) is 53.0 Å². The number of benzene rings is 2. The predicted octanol–water partition coefficient (Wildman–Crippen LogP) is 3.67. The summed E-state index contributed by atoms with van der Waals surface area (Å²) in [6.07, 6.45) is 0.571. The van der Waals surface area contributed by atoms with E-state index in [4.69, 9.17) is 4.74 Å². The summed E-state index contributed by atoms with van der Waals surface area (Å²) in [6, 6.07) is 14.5. The van der Waals surface area contributed by atoms with Gasteiger partial charge in [0.25, 0.3) is 0 Å². The van der Waals surface area contributed by atoms with Crippen molar-refractivity contribution in [2.75, 3.05) is 17.7 Å². The van der Waals surface area contributed by atoms with Crippen molar-refractivity contribution in [2.24, 2.45) is 11.8 Å². The first kappa shape index (κ1) is 16.5. The normalized spacial score (nSPS) is 18.6. The highest BCUT2D eigenvalue weighted by Crippen LogP contribution is 2.40. The third-order valence-electron chi connectivity index (χ3n) is 3.91. The van der Waals surface area contributed by atoms with E-state index in [1.165, 1.54) is 0 Å². The molecule has 3 rings (SSSR count). The van der Waals surface area contributed by atoms with E-state index in [9.17, 15) is 9.59 Å². The SMILES string of the molecule is COc1ccc(NC(=O)C2CC2C(=O)Nc2cccc(Br)c2)cc1. The van der Waals surface area contributed by atoms with Crippen LogP contribution in [-0.2, 0) is 9.59 Å². The van der Waals surface area contributed by atoms with Crippen molar-refractivity contribution in [3.05, 3.63) is 53.0 Å². The molecule has 0 aromatic heterocycles. The zero-order chi connectivity index (χ0) is 17.1. The van der Waals surface area contributed by atoms with Crippen LogP contribution in [-0.4, -0.2) is 18.9 Å². The fourth-order valence-electron chi connectivity index (χ4n) is 2.49. The average molecular weight is 389 g/mol. The molecule has 2 atom stereocenters. The minimum atomic E-state index is -0.278. The summed E-state index contributed by atoms with van der Waals surface area (Å²) in [5.41, 5.74) is 1.41. The molecule has 2 aromatic rings. The number of carbonyl (C=O) groups excluding carboxylic acids is 2. The van der Waals surface area contributed by atoms with Crippen LogP contribution in [0, 0.1) is 11.8 Å². The summed E-state index contributed by atoms with van der Waals surface area (Å²) in [6.45, 7) is 0. The Kier molecular flexibility index (Phi) is 4.85. The van der Waals surface area contributed by atoms with Gasteiger partial charge in [-0.3, -0.25) is 9.59 Å². The number of amides is 2. The van der Waals surface area contributed by atoms with Crippen LogP contribution < -0.4 is 15.4 Å². The number of hydrogen-bond donors (Lipinski definition) is 2. The molecule has 0 radical (unpaired) electrons. The van der Waals surface area contributed by atoms with Crippen LogP contribution in [0.25, 0.3) is 0 Å². The Labute approximate surface area is 148 Å². The second-order valence-electron chi connectivity index (χ2n) is 5.67. The molecular formula is C18H17BrN2O3. The molecule has 0 spiro atoms. The van der Waals surface area contributed by atoms with Gasteiger partial charge in [-0.1, -0.05) is 22.0 Å². The molecule has 24 heavy (non-hydrogen) atoms. The zero-order valence-electron chi connectivity index (χ0n) is 13.1. The van der Waals surface area contributed by atoms with E-state index in [0.29, 0.717) is 12.1 Å². The number of carbonyl (C=O) groups is 2. The molecule has 2 amide bonds. The lowest BCUT2D eigenvalue weighted by molar-refractivity contribution is -0.122. The van der Waals surface area contributed by atoms with Gasteiger partial charge in [-0.2, -0.15) is 0 Å². The summed E-state index contributed by atoms with van der Waals surface area (Å²) in [5.74, 6) is -0.0790. The first-order valence-electron chi connectivity index (χ1n) is 7.58. The minimum absolute atomic E-state index is 0.122. The zero-order valence-corrected chi connectivity index (χ0v) is 14.7. The number of anilines is 2. The van der Waals surface area contributed by atoms with Crippen LogP contribution in [0.4, 0.5) is 11.4 Å². The van der Waals surface area contributed by atoms with Crippen molar-refractivity contribution in [3.63, 3.8) is 0 Å². The van der Waals surface area contributed by atoms with Gasteiger partial charge in [-0.15, -0.1) is 0 Å². The Morgan fingerprint density at radius 1 is 1.00 bits per heavy atom. The van der Waals surface area contributed by atoms with E-state index in [2.05, 4.69) is 26.6 Å². The summed E-state index contributed by atoms with van der Waals surface area (Å²) in [7, 11) is 1.59. The van der Waals surface area contributed by atoms with E-state index in [1.54, 1.807) is 31.4 Å². The van der Waals surface area contributed by atoms with E-state index < -0.39 is 0 Å². The van der Waals surface area contributed by atoms with E-state index >= 15 is 0 Å². The number of nitrogens with one attached hydrogen (secondary N) is 2. The standard InChI is InChI=1S/C18H17BrN2O3/c1-24-14-7-5-12(6-8-14)20-17(22)15-10-16(15)18(23)21-13-4-2-3-11(19)9-13/h2-9,15-16H,10H2,1H3,(H,20,22)(H,21,23). The summed E-state index contributed by atoms with van der Waals surface area (Å²) >= 11 is 3.36. The Bertz CT molecular complexity index is 761. The predicted molar refractivity (Wildman–Crippen MR) is 96.0 cm³/mol. The second kappa shape index (κ2) is 7.05. The van der Waals surface area contributed by atoms with Crippen molar-refractivity contribution in [1.29, 1.82) is 0 Å². The molecule has 124 valence electrons. The maximum atomic E-state index is 12.2. The van der Waals surface area contributed by atoms with Gasteiger partial charge >= 0.3 is 0 Å². The molecule has 1 aliphatic carbocycles. The van der Waals surface area contributed by atoms with Crippen LogP contribution in [0.1, 0.15) is 6.42 Å². The van der Waals surface area contributed by atoms with Gasteiger partial charge in [0.2, 0.25) is 11.8 Å². The second-order valence-corrected chi connectivity index (χ2v) is 6.58. The Morgan fingerprint density at radius 3 is 2.21 bits per heavy atom. The Balaban J connectivity index is 1.53. The lowest BCUT2D eigenvalue weighted by atomic mass is 10.2. The van der Waals surface area contributed by atoms with Crippen LogP contribution in [0.5, 0.6) is 5.75 Å². The smallest absolute Gasteiger partial charge is 0.228 e. The average Bonchev–Trinajstić information content (AvgIpc) is 3.36. The molecule has 1 fully saturated rings. The molecule has 2 N–H and O–H groups in total. The molecule has 2 aromatic carbocycles. The number of ether oxygens (including phenoxy) is 1. The Hall–Kier alpha value is -2.34. The quantitative estimate of drug-likeness (QED) is 0.820. The fourth-order valence-corrected chi connectivity index (χ4v) is 2.88. The Morgan fingerprint density at radius 2 is 1.62 bits per heavy atom. The molecule has 2 unspecified atom stereocenters. The maximum absolute atomic E-state index is 12.2. The molecule has 1 aliphatic rings. The number of methoxy groups -OCH3 is 1. The van der Waals surface area contributed by atoms with Crippen molar-refractivity contribution in [1.82, 2.24) is 0 Å². The first-order chi connectivity index (χ1) is 11.6. The van der Waals surface area contributed by atoms with Crippen molar-refractivity contribution < 1.29 is 14.3 Å². The van der Waals surface area contributed by atoms with Crippen LogP contribution in [0.2, 0.25) is 0 Å². The first-order valence-corrected chi connectivity index (χ1v) is 8.37. The summed E-state index contributed by atoms with van der Waals surface area (Å²) in [5, 5.41) is 5.67. The molecule has 5 nitrogen and oxygen atoms in total. The van der Waals surface area contributed by atoms with Gasteiger partial charge in [-0.05, 0) is 48.9 Å². The molecule has 0 saturated heterocycles. The van der Waals surface area contributed by atoms with Crippen molar-refractivity contribution in [3.8, 4) is 5.75 Å². The highest BCUT2D eigenvalue weighted by atomic mass is 79.9. The van der Waals surface area contributed by atoms with Gasteiger partial charge in [0.1, 0.15) is 5.75 Å². The third-order valence-corrected chi connectivity index (χ3v) is 4.41. The summed E-state index contributed by atoms with van der Waals surface area (Å²) < 4.78 is 5.97. The van der Waals surface area contributed by atoms with Gasteiger partial charge in [-0.25, -0.2) is 0 Å².